The minimum absolute atomic E-state index is 0.359. The van der Waals surface area contributed by atoms with Gasteiger partial charge in [0.05, 0.1) is 0 Å². The summed E-state index contributed by atoms with van der Waals surface area (Å²) in [6.07, 6.45) is 11.9. The molecule has 3 rings (SSSR count). The summed E-state index contributed by atoms with van der Waals surface area (Å²) < 4.78 is 0. The van der Waals surface area contributed by atoms with E-state index in [1.54, 1.807) is 0 Å². The van der Waals surface area contributed by atoms with Crippen LogP contribution in [0.2, 0.25) is 0 Å². The summed E-state index contributed by atoms with van der Waals surface area (Å²) in [5.41, 5.74) is 0. The van der Waals surface area contributed by atoms with Crippen molar-refractivity contribution < 1.29 is 5.11 Å². The highest BCUT2D eigenvalue weighted by atomic mass is 16.2. The van der Waals surface area contributed by atoms with Gasteiger partial charge in [0.1, 0.15) is 0 Å². The zero-order valence-corrected chi connectivity index (χ0v) is 13.8. The molecular formula is C18H34N2O. The molecule has 21 heavy (non-hydrogen) atoms. The van der Waals surface area contributed by atoms with Crippen LogP contribution in [0.1, 0.15) is 64.7 Å². The summed E-state index contributed by atoms with van der Waals surface area (Å²) in [5, 5.41) is 13.1. The van der Waals surface area contributed by atoms with Crippen LogP contribution in [0.3, 0.4) is 0 Å². The number of nitrogens with one attached hydrogen (secondary N) is 1. The molecule has 0 aromatic rings. The van der Waals surface area contributed by atoms with Crippen LogP contribution in [0.5, 0.6) is 0 Å². The second-order valence-corrected chi connectivity index (χ2v) is 8.00. The van der Waals surface area contributed by atoms with Crippen molar-refractivity contribution in [2.24, 2.45) is 11.8 Å². The highest BCUT2D eigenvalue weighted by molar-refractivity contribution is 4.93. The van der Waals surface area contributed by atoms with Gasteiger partial charge >= 0.3 is 0 Å². The van der Waals surface area contributed by atoms with E-state index < -0.39 is 0 Å². The van der Waals surface area contributed by atoms with E-state index in [4.69, 9.17) is 5.11 Å². The number of nitrogens with zero attached hydrogens (tertiary/aromatic N) is 1. The molecule has 1 aliphatic heterocycles. The highest BCUT2D eigenvalue weighted by Gasteiger charge is 2.36. The maximum absolute atomic E-state index is 9.13. The summed E-state index contributed by atoms with van der Waals surface area (Å²) in [6, 6.07) is 2.33. The lowest BCUT2D eigenvalue weighted by Gasteiger charge is -2.48. The molecule has 3 aliphatic rings. The molecular weight excluding hydrogens is 260 g/mol. The molecule has 0 aromatic carbocycles. The summed E-state index contributed by atoms with van der Waals surface area (Å²) >= 11 is 0. The van der Waals surface area contributed by atoms with Crippen molar-refractivity contribution in [1.82, 2.24) is 10.2 Å². The molecule has 0 amide bonds. The number of hydrogen-bond donors (Lipinski definition) is 2. The Morgan fingerprint density at radius 3 is 2.48 bits per heavy atom. The second-order valence-electron chi connectivity index (χ2n) is 8.00. The fourth-order valence-corrected chi connectivity index (χ4v) is 4.83. The minimum atomic E-state index is 0.359. The second kappa shape index (κ2) is 7.43. The quantitative estimate of drug-likeness (QED) is 0.791. The molecule has 0 bridgehead atoms. The van der Waals surface area contributed by atoms with Gasteiger partial charge in [0, 0.05) is 37.8 Å². The van der Waals surface area contributed by atoms with Crippen LogP contribution in [-0.4, -0.2) is 47.8 Å². The lowest BCUT2D eigenvalue weighted by Crippen LogP contribution is -2.56. The zero-order valence-electron chi connectivity index (χ0n) is 13.8. The SMILES string of the molecule is CC1CC(N2CC(CCCO)CC(NC3CCCC3)C2)C1. The molecule has 3 heteroatoms. The van der Waals surface area contributed by atoms with Crippen LogP contribution >= 0.6 is 0 Å². The Bertz CT molecular complexity index is 310. The van der Waals surface area contributed by atoms with E-state index in [2.05, 4.69) is 17.1 Å². The van der Waals surface area contributed by atoms with Gasteiger partial charge in [0.25, 0.3) is 0 Å². The number of aliphatic hydroxyl groups excluding tert-OH is 1. The molecule has 1 heterocycles. The van der Waals surface area contributed by atoms with Crippen molar-refractivity contribution in [3.05, 3.63) is 0 Å². The van der Waals surface area contributed by atoms with Gasteiger partial charge in [-0.3, -0.25) is 4.90 Å². The zero-order chi connectivity index (χ0) is 14.7. The first kappa shape index (κ1) is 15.8. The third-order valence-corrected chi connectivity index (χ3v) is 6.03. The number of rotatable bonds is 6. The third kappa shape index (κ3) is 4.20. The molecule has 3 nitrogen and oxygen atoms in total. The minimum Gasteiger partial charge on any atom is -0.396 e. The average molecular weight is 294 g/mol. The van der Waals surface area contributed by atoms with Crippen molar-refractivity contribution in [3.63, 3.8) is 0 Å². The molecule has 2 saturated carbocycles. The predicted molar refractivity (Wildman–Crippen MR) is 87.4 cm³/mol. The maximum Gasteiger partial charge on any atom is 0.0431 e. The molecule has 2 N–H and O–H groups in total. The molecule has 122 valence electrons. The number of hydrogen-bond acceptors (Lipinski definition) is 3. The number of likely N-dealkylation sites (tertiary alicyclic amines) is 1. The lowest BCUT2D eigenvalue weighted by atomic mass is 9.78. The molecule has 0 radical (unpaired) electrons. The van der Waals surface area contributed by atoms with Crippen molar-refractivity contribution in [2.75, 3.05) is 19.7 Å². The first-order valence-corrected chi connectivity index (χ1v) is 9.35. The van der Waals surface area contributed by atoms with Gasteiger partial charge in [-0.25, -0.2) is 0 Å². The van der Waals surface area contributed by atoms with E-state index >= 15 is 0 Å². The first-order chi connectivity index (χ1) is 10.2. The molecule has 2 atom stereocenters. The van der Waals surface area contributed by atoms with E-state index in [-0.39, 0.29) is 0 Å². The smallest absolute Gasteiger partial charge is 0.0431 e. The van der Waals surface area contributed by atoms with Crippen LogP contribution in [-0.2, 0) is 0 Å². The molecule has 2 unspecified atom stereocenters. The maximum atomic E-state index is 9.13. The standard InChI is InChI=1S/C18H34N2O/c1-14-9-18(10-14)20-12-15(5-4-8-21)11-17(13-20)19-16-6-2-3-7-16/h14-19,21H,2-13H2,1H3. The van der Waals surface area contributed by atoms with E-state index in [1.807, 2.05) is 0 Å². The normalized spacial score (nSPS) is 38.6. The van der Waals surface area contributed by atoms with Crippen LogP contribution in [0.15, 0.2) is 0 Å². The third-order valence-electron chi connectivity index (χ3n) is 6.03. The van der Waals surface area contributed by atoms with Gasteiger partial charge in [-0.2, -0.15) is 0 Å². The summed E-state index contributed by atoms with van der Waals surface area (Å²) in [5.74, 6) is 1.73. The Kier molecular flexibility index (Phi) is 5.58. The van der Waals surface area contributed by atoms with E-state index in [1.165, 1.54) is 64.5 Å². The van der Waals surface area contributed by atoms with Gasteiger partial charge in [-0.1, -0.05) is 19.8 Å². The Labute approximate surface area is 130 Å². The van der Waals surface area contributed by atoms with Crippen molar-refractivity contribution >= 4 is 0 Å². The van der Waals surface area contributed by atoms with Crippen LogP contribution in [0.4, 0.5) is 0 Å². The van der Waals surface area contributed by atoms with Gasteiger partial charge in [-0.05, 0) is 56.8 Å². The average Bonchev–Trinajstić information content (AvgIpc) is 2.94. The van der Waals surface area contributed by atoms with Gasteiger partial charge in [-0.15, -0.1) is 0 Å². The fraction of sp³-hybridized carbons (Fsp3) is 1.00. The molecule has 3 fully saturated rings. The van der Waals surface area contributed by atoms with Gasteiger partial charge in [0.15, 0.2) is 0 Å². The summed E-state index contributed by atoms with van der Waals surface area (Å²) in [6.45, 7) is 5.29. The van der Waals surface area contributed by atoms with Crippen LogP contribution in [0, 0.1) is 11.8 Å². The molecule has 0 spiro atoms. The van der Waals surface area contributed by atoms with Gasteiger partial charge < -0.3 is 10.4 Å². The molecule has 0 aromatic heterocycles. The Hall–Kier alpha value is -0.120. The predicted octanol–water partition coefficient (Wildman–Crippen LogP) is 2.78. The van der Waals surface area contributed by atoms with Crippen LogP contribution in [0.25, 0.3) is 0 Å². The van der Waals surface area contributed by atoms with Crippen LogP contribution < -0.4 is 5.32 Å². The van der Waals surface area contributed by atoms with Crippen molar-refractivity contribution in [1.29, 1.82) is 0 Å². The summed E-state index contributed by atoms with van der Waals surface area (Å²) in [7, 11) is 0. The van der Waals surface area contributed by atoms with Crippen molar-refractivity contribution in [2.45, 2.75) is 82.8 Å². The van der Waals surface area contributed by atoms with E-state index in [9.17, 15) is 0 Å². The Morgan fingerprint density at radius 2 is 1.81 bits per heavy atom. The fourth-order valence-electron chi connectivity index (χ4n) is 4.83. The van der Waals surface area contributed by atoms with Crippen molar-refractivity contribution in [3.8, 4) is 0 Å². The highest BCUT2D eigenvalue weighted by Crippen LogP contribution is 2.35. The number of piperidine rings is 1. The molecule has 2 aliphatic carbocycles. The van der Waals surface area contributed by atoms with Gasteiger partial charge in [0.2, 0.25) is 0 Å². The van der Waals surface area contributed by atoms with E-state index in [0.717, 1.165) is 30.3 Å². The Morgan fingerprint density at radius 1 is 1.05 bits per heavy atom. The van der Waals surface area contributed by atoms with E-state index in [0.29, 0.717) is 12.6 Å². The largest absolute Gasteiger partial charge is 0.396 e. The monoisotopic (exact) mass is 294 g/mol. The first-order valence-electron chi connectivity index (χ1n) is 9.35. The topological polar surface area (TPSA) is 35.5 Å². The Balaban J connectivity index is 1.53. The lowest BCUT2D eigenvalue weighted by molar-refractivity contribution is 0.0286. The summed E-state index contributed by atoms with van der Waals surface area (Å²) in [4.78, 5) is 2.78. The number of aliphatic hydroxyl groups is 1. The molecule has 1 saturated heterocycles.